The van der Waals surface area contributed by atoms with Gasteiger partial charge in [0.15, 0.2) is 0 Å². The first kappa shape index (κ1) is 25.5. The van der Waals surface area contributed by atoms with Crippen LogP contribution >= 0.6 is 0 Å². The molecule has 0 aromatic heterocycles. The second-order valence-electron chi connectivity index (χ2n) is 8.99. The number of benzene rings is 6. The van der Waals surface area contributed by atoms with Gasteiger partial charge in [-0.15, -0.1) is 0 Å². The van der Waals surface area contributed by atoms with Crippen LogP contribution in [0.3, 0.4) is 0 Å². The quantitative estimate of drug-likeness (QED) is 0.218. The first-order chi connectivity index (χ1) is 18.9. The molecule has 6 aromatic rings. The van der Waals surface area contributed by atoms with Gasteiger partial charge in [0, 0.05) is 12.6 Å². The number of hydrogen-bond acceptors (Lipinski definition) is 6. The number of rotatable bonds is 4. The summed E-state index contributed by atoms with van der Waals surface area (Å²) in [5.41, 5.74) is 1.13. The maximum absolute atomic E-state index is 10.7. The Kier molecular flexibility index (Phi) is 7.02. The second kappa shape index (κ2) is 10.7. The molecule has 6 rings (SSSR count). The van der Waals surface area contributed by atoms with Crippen molar-refractivity contribution in [1.29, 1.82) is 0 Å². The molecule has 0 atom stereocenters. The maximum Gasteiger partial charge on any atom is 0.124 e. The monoisotopic (exact) mass is 523 g/mol. The van der Waals surface area contributed by atoms with Crippen LogP contribution in [0.4, 0.5) is 0 Å². The molecule has 6 aromatic carbocycles. The van der Waals surface area contributed by atoms with Gasteiger partial charge in [0.2, 0.25) is 0 Å². The van der Waals surface area contributed by atoms with Crippen LogP contribution in [0.2, 0.25) is 0 Å². The predicted molar refractivity (Wildman–Crippen MR) is 158 cm³/mol. The smallest absolute Gasteiger partial charge is 0.124 e. The lowest BCUT2D eigenvalue weighted by atomic mass is 9.92. The van der Waals surface area contributed by atoms with Gasteiger partial charge in [-0.25, -0.2) is 0 Å². The summed E-state index contributed by atoms with van der Waals surface area (Å²) in [6, 6.07) is 29.3. The van der Waals surface area contributed by atoms with Crippen molar-refractivity contribution in [1.82, 2.24) is 0 Å². The van der Waals surface area contributed by atoms with Gasteiger partial charge in [-0.3, -0.25) is 0 Å². The predicted octanol–water partition coefficient (Wildman–Crippen LogP) is 7.89. The molecule has 0 radical (unpaired) electrons. The van der Waals surface area contributed by atoms with E-state index in [2.05, 4.69) is 0 Å². The summed E-state index contributed by atoms with van der Waals surface area (Å²) in [7, 11) is 4.83. The largest absolute Gasteiger partial charge is 0.508 e. The van der Waals surface area contributed by atoms with Gasteiger partial charge in [-0.2, -0.15) is 0 Å². The molecule has 39 heavy (non-hydrogen) atoms. The van der Waals surface area contributed by atoms with E-state index in [-0.39, 0.29) is 18.7 Å². The second-order valence-corrected chi connectivity index (χ2v) is 8.99. The molecule has 0 fully saturated rings. The summed E-state index contributed by atoms with van der Waals surface area (Å²) in [4.78, 5) is 0. The van der Waals surface area contributed by atoms with E-state index in [1.807, 2.05) is 72.8 Å². The number of phenols is 3. The summed E-state index contributed by atoms with van der Waals surface area (Å²) in [5.74, 6) is 2.63. The highest BCUT2D eigenvalue weighted by Crippen LogP contribution is 2.45. The number of fused-ring (bicyclic) bond motifs is 3. The van der Waals surface area contributed by atoms with Crippen molar-refractivity contribution in [2.24, 2.45) is 0 Å². The molecular weight excluding hydrogens is 492 g/mol. The van der Waals surface area contributed by atoms with Crippen molar-refractivity contribution in [3.8, 4) is 45.6 Å². The van der Waals surface area contributed by atoms with Crippen molar-refractivity contribution in [3.63, 3.8) is 0 Å². The Labute approximate surface area is 227 Å². The summed E-state index contributed by atoms with van der Waals surface area (Å²) in [5, 5.41) is 36.1. The zero-order valence-corrected chi connectivity index (χ0v) is 21.8. The van der Waals surface area contributed by atoms with Crippen LogP contribution in [0.5, 0.6) is 34.5 Å². The molecule has 0 aliphatic rings. The number of methoxy groups -OCH3 is 3. The normalized spacial score (nSPS) is 10.7. The zero-order chi connectivity index (χ0) is 27.5. The lowest BCUT2D eigenvalue weighted by molar-refractivity contribution is 0.415. The van der Waals surface area contributed by atoms with Crippen LogP contribution in [-0.4, -0.2) is 36.6 Å². The van der Waals surface area contributed by atoms with Gasteiger partial charge in [0.25, 0.3) is 0 Å². The average Bonchev–Trinajstić information content (AvgIpc) is 2.97. The van der Waals surface area contributed by atoms with Crippen molar-refractivity contribution in [3.05, 3.63) is 97.1 Å². The average molecular weight is 524 g/mol. The van der Waals surface area contributed by atoms with Crippen LogP contribution in [0, 0.1) is 0 Å². The van der Waals surface area contributed by atoms with Gasteiger partial charge in [-0.1, -0.05) is 36.4 Å². The molecule has 198 valence electrons. The van der Waals surface area contributed by atoms with E-state index in [0.29, 0.717) is 22.6 Å². The van der Waals surface area contributed by atoms with Crippen LogP contribution in [0.25, 0.3) is 43.4 Å². The molecular formula is C33H30O6. The van der Waals surface area contributed by atoms with Crippen molar-refractivity contribution in [2.75, 3.05) is 21.3 Å². The van der Waals surface area contributed by atoms with Gasteiger partial charge < -0.3 is 29.5 Å². The summed E-state index contributed by atoms with van der Waals surface area (Å²) in [6.07, 6.45) is 0. The Hall–Kier alpha value is -5.10. The van der Waals surface area contributed by atoms with Gasteiger partial charge >= 0.3 is 0 Å². The fourth-order valence-electron chi connectivity index (χ4n) is 4.69. The molecule has 0 spiro atoms. The highest BCUT2D eigenvalue weighted by Gasteiger charge is 2.17. The van der Waals surface area contributed by atoms with E-state index >= 15 is 0 Å². The minimum absolute atomic E-state index is 0. The van der Waals surface area contributed by atoms with E-state index in [0.717, 1.165) is 38.1 Å². The first-order valence-corrected chi connectivity index (χ1v) is 12.3. The lowest BCUT2D eigenvalue weighted by Gasteiger charge is -2.15. The summed E-state index contributed by atoms with van der Waals surface area (Å²) >= 11 is 0. The van der Waals surface area contributed by atoms with E-state index < -0.39 is 0 Å². The van der Waals surface area contributed by atoms with Gasteiger partial charge in [0.1, 0.15) is 34.5 Å². The number of aromatic hydroxyl groups is 3. The first-order valence-electron chi connectivity index (χ1n) is 12.3. The fourth-order valence-corrected chi connectivity index (χ4v) is 4.69. The highest BCUT2D eigenvalue weighted by atomic mass is 16.5. The Morgan fingerprint density at radius 3 is 1.33 bits per heavy atom. The van der Waals surface area contributed by atoms with E-state index in [1.165, 1.54) is 0 Å². The molecule has 6 nitrogen and oxygen atoms in total. The van der Waals surface area contributed by atoms with Crippen molar-refractivity contribution in [2.45, 2.75) is 0 Å². The zero-order valence-electron chi connectivity index (χ0n) is 21.8. The minimum atomic E-state index is 0. The summed E-state index contributed by atoms with van der Waals surface area (Å²) in [6.45, 7) is 0. The number of ether oxygens (including phenoxy) is 3. The molecule has 0 aliphatic carbocycles. The fraction of sp³-hybridized carbons (Fsp3) is 0.0909. The third-order valence-electron chi connectivity index (χ3n) is 6.69. The summed E-state index contributed by atoms with van der Waals surface area (Å²) < 4.78 is 15.8. The van der Waals surface area contributed by atoms with E-state index in [9.17, 15) is 15.3 Å². The SMILES string of the molecule is COc1ccc2ccc(O)c(-c3c(O)ccc4ccc(OC)cc34)c2c1.COc1ccc2ccc(O)cc2c1.[2HH]. The minimum Gasteiger partial charge on any atom is -0.508 e. The number of hydrogen-bond donors (Lipinski definition) is 3. The molecule has 3 N–H and O–H groups in total. The molecule has 0 heterocycles. The molecule has 0 saturated heterocycles. The topological polar surface area (TPSA) is 88.4 Å². The molecule has 6 heteroatoms. The lowest BCUT2D eigenvalue weighted by Crippen LogP contribution is -1.89. The Morgan fingerprint density at radius 2 is 0.846 bits per heavy atom. The molecule has 0 aliphatic heterocycles. The van der Waals surface area contributed by atoms with Crippen LogP contribution in [0.15, 0.2) is 97.1 Å². The van der Waals surface area contributed by atoms with Crippen LogP contribution < -0.4 is 14.2 Å². The van der Waals surface area contributed by atoms with Gasteiger partial charge in [0.05, 0.1) is 21.3 Å². The van der Waals surface area contributed by atoms with E-state index in [1.54, 1.807) is 45.6 Å². The van der Waals surface area contributed by atoms with Crippen molar-refractivity contribution < 1.29 is 31.0 Å². The molecule has 0 unspecified atom stereocenters. The van der Waals surface area contributed by atoms with Gasteiger partial charge in [-0.05, 0) is 93.0 Å². The van der Waals surface area contributed by atoms with Crippen LogP contribution in [0.1, 0.15) is 1.43 Å². The van der Waals surface area contributed by atoms with Crippen molar-refractivity contribution >= 4 is 32.3 Å². The highest BCUT2D eigenvalue weighted by molar-refractivity contribution is 6.10. The Morgan fingerprint density at radius 1 is 0.436 bits per heavy atom. The third-order valence-corrected chi connectivity index (χ3v) is 6.69. The molecule has 0 bridgehead atoms. The third kappa shape index (κ3) is 5.05. The molecule has 0 saturated carbocycles. The Balaban J connectivity index is 0.000000223. The maximum atomic E-state index is 10.7. The van der Waals surface area contributed by atoms with Crippen LogP contribution in [-0.2, 0) is 0 Å². The van der Waals surface area contributed by atoms with E-state index in [4.69, 9.17) is 14.2 Å². The number of phenolic OH excluding ortho intramolecular Hbond substituents is 3. The molecule has 0 amide bonds. The Bertz CT molecular complexity index is 1720. The standard InChI is InChI=1S/C22H18O4.C11H10O2.H2/c1-25-15-7-3-13-5-9-19(23)21(17(13)11-15)22-18-12-16(26-2)8-4-14(18)6-10-20(22)24;1-13-11-5-3-8-2-4-10(12)6-9(8)7-11;/h3-12,23-24H,1-2H3;2-7,12H,1H3;1H/i;;1+1.